The zero-order chi connectivity index (χ0) is 19.6. The van der Waals surface area contributed by atoms with Gasteiger partial charge in [0, 0.05) is 22.2 Å². The molecule has 1 heterocycles. The van der Waals surface area contributed by atoms with Gasteiger partial charge < -0.3 is 20.2 Å². The number of hydrogen-bond acceptors (Lipinski definition) is 5. The number of rotatable bonds is 5. The number of esters is 1. The molecule has 8 heteroatoms. The normalized spacial score (nSPS) is 10.6. The molecule has 0 bridgehead atoms. The fourth-order valence-corrected chi connectivity index (χ4v) is 2.52. The van der Waals surface area contributed by atoms with E-state index in [0.29, 0.717) is 22.2 Å². The molecule has 7 nitrogen and oxygen atoms in total. The Kier molecular flexibility index (Phi) is 4.89. The first kappa shape index (κ1) is 18.1. The van der Waals surface area contributed by atoms with Gasteiger partial charge in [-0.05, 0) is 37.3 Å². The summed E-state index contributed by atoms with van der Waals surface area (Å²) in [5.41, 5.74) is 6.23. The Labute approximate surface area is 152 Å². The number of ether oxygens (including phenoxy) is 1. The fourth-order valence-electron chi connectivity index (χ4n) is 2.52. The third-order valence-electron chi connectivity index (χ3n) is 3.89. The van der Waals surface area contributed by atoms with E-state index in [1.807, 2.05) is 0 Å². The molecule has 0 aliphatic carbocycles. The molecule has 2 aromatic carbocycles. The van der Waals surface area contributed by atoms with E-state index in [0.717, 1.165) is 0 Å². The van der Waals surface area contributed by atoms with Crippen LogP contribution in [0.5, 0.6) is 0 Å². The number of furan rings is 1. The molecule has 0 aliphatic heterocycles. The molecule has 0 saturated carbocycles. The molecule has 0 unspecified atom stereocenters. The van der Waals surface area contributed by atoms with Crippen LogP contribution >= 0.6 is 0 Å². The Bertz CT molecular complexity index is 1040. The smallest absolute Gasteiger partial charge is 0.375 e. The van der Waals surface area contributed by atoms with E-state index in [4.69, 9.17) is 14.9 Å². The molecule has 27 heavy (non-hydrogen) atoms. The van der Waals surface area contributed by atoms with Gasteiger partial charge in [0.15, 0.2) is 18.0 Å². The van der Waals surface area contributed by atoms with Crippen molar-refractivity contribution in [2.24, 2.45) is 5.73 Å². The van der Waals surface area contributed by atoms with Crippen molar-refractivity contribution in [3.8, 4) is 0 Å². The van der Waals surface area contributed by atoms with Gasteiger partial charge in [-0.2, -0.15) is 0 Å². The highest BCUT2D eigenvalue weighted by Crippen LogP contribution is 2.27. The first-order chi connectivity index (χ1) is 12.9. The van der Waals surface area contributed by atoms with Crippen LogP contribution in [0.25, 0.3) is 11.0 Å². The molecule has 2 amide bonds. The third kappa shape index (κ3) is 3.79. The minimum absolute atomic E-state index is 0.0408. The lowest BCUT2D eigenvalue weighted by atomic mass is 10.1. The summed E-state index contributed by atoms with van der Waals surface area (Å²) >= 11 is 0. The van der Waals surface area contributed by atoms with E-state index in [9.17, 15) is 18.8 Å². The molecule has 0 aliphatic rings. The van der Waals surface area contributed by atoms with E-state index >= 15 is 0 Å². The summed E-state index contributed by atoms with van der Waals surface area (Å²) in [6.45, 7) is 1.04. The number of primary amides is 1. The fraction of sp³-hybridized carbons (Fsp3) is 0.105. The number of aryl methyl sites for hydroxylation is 1. The predicted octanol–water partition coefficient (Wildman–Crippen LogP) is 2.77. The lowest BCUT2D eigenvalue weighted by Gasteiger charge is -2.06. The SMILES string of the molecule is Cc1c(C(=O)OCC(=O)Nc2ccc(C(N)=O)cc2)oc2c(F)cccc12. The Hall–Kier alpha value is -3.68. The van der Waals surface area contributed by atoms with Crippen LogP contribution in [0.15, 0.2) is 46.9 Å². The first-order valence-corrected chi connectivity index (χ1v) is 7.91. The minimum atomic E-state index is -0.873. The average molecular weight is 370 g/mol. The number of halogens is 1. The van der Waals surface area contributed by atoms with Gasteiger partial charge in [0.1, 0.15) is 0 Å². The maximum absolute atomic E-state index is 13.7. The van der Waals surface area contributed by atoms with Crippen LogP contribution in [0.2, 0.25) is 0 Å². The van der Waals surface area contributed by atoms with Crippen LogP contribution in [0, 0.1) is 12.7 Å². The largest absolute Gasteiger partial charge is 0.450 e. The minimum Gasteiger partial charge on any atom is -0.450 e. The number of anilines is 1. The molecular formula is C19H15FN2O5. The van der Waals surface area contributed by atoms with E-state index in [-0.39, 0.29) is 11.3 Å². The van der Waals surface area contributed by atoms with Crippen LogP contribution in [0.1, 0.15) is 26.5 Å². The number of carbonyl (C=O) groups is 3. The van der Waals surface area contributed by atoms with Crippen LogP contribution in [0.4, 0.5) is 10.1 Å². The molecule has 138 valence electrons. The summed E-state index contributed by atoms with van der Waals surface area (Å²) in [7, 11) is 0. The predicted molar refractivity (Wildman–Crippen MR) is 94.8 cm³/mol. The summed E-state index contributed by atoms with van der Waals surface area (Å²) in [6.07, 6.45) is 0. The molecule has 3 aromatic rings. The summed E-state index contributed by atoms with van der Waals surface area (Å²) in [5, 5.41) is 2.97. The van der Waals surface area contributed by atoms with Crippen LogP contribution in [0.3, 0.4) is 0 Å². The molecular weight excluding hydrogens is 355 g/mol. The number of nitrogens with one attached hydrogen (secondary N) is 1. The lowest BCUT2D eigenvalue weighted by molar-refractivity contribution is -0.119. The molecule has 0 atom stereocenters. The van der Waals surface area contributed by atoms with E-state index in [2.05, 4.69) is 5.32 Å². The van der Waals surface area contributed by atoms with Crippen molar-refractivity contribution in [2.45, 2.75) is 6.92 Å². The quantitative estimate of drug-likeness (QED) is 0.671. The summed E-state index contributed by atoms with van der Waals surface area (Å²) in [4.78, 5) is 35.1. The molecule has 0 spiro atoms. The number of amides is 2. The average Bonchev–Trinajstić information content (AvgIpc) is 2.98. The summed E-state index contributed by atoms with van der Waals surface area (Å²) in [5.74, 6) is -2.79. The Morgan fingerprint density at radius 2 is 1.85 bits per heavy atom. The summed E-state index contributed by atoms with van der Waals surface area (Å²) in [6, 6.07) is 10.2. The number of nitrogens with two attached hydrogens (primary N) is 1. The van der Waals surface area contributed by atoms with Gasteiger partial charge in [-0.15, -0.1) is 0 Å². The van der Waals surface area contributed by atoms with Gasteiger partial charge in [0.25, 0.3) is 5.91 Å². The summed E-state index contributed by atoms with van der Waals surface area (Å²) < 4.78 is 23.9. The molecule has 0 fully saturated rings. The number of carbonyl (C=O) groups excluding carboxylic acids is 3. The van der Waals surface area contributed by atoms with Crippen molar-refractivity contribution in [1.29, 1.82) is 0 Å². The van der Waals surface area contributed by atoms with Gasteiger partial charge >= 0.3 is 5.97 Å². The highest BCUT2D eigenvalue weighted by molar-refractivity contribution is 5.98. The topological polar surface area (TPSA) is 112 Å². The first-order valence-electron chi connectivity index (χ1n) is 7.91. The monoisotopic (exact) mass is 370 g/mol. The van der Waals surface area contributed by atoms with Crippen molar-refractivity contribution < 1.29 is 27.9 Å². The molecule has 0 saturated heterocycles. The van der Waals surface area contributed by atoms with Crippen molar-refractivity contribution >= 4 is 34.4 Å². The number of benzene rings is 2. The van der Waals surface area contributed by atoms with Crippen molar-refractivity contribution in [3.63, 3.8) is 0 Å². The van der Waals surface area contributed by atoms with Gasteiger partial charge in [-0.25, -0.2) is 9.18 Å². The van der Waals surface area contributed by atoms with Crippen molar-refractivity contribution in [1.82, 2.24) is 0 Å². The Balaban J connectivity index is 1.63. The standard InChI is InChI=1S/C19H15FN2O5/c1-10-13-3-2-4-14(20)17(13)27-16(10)19(25)26-9-15(23)22-12-7-5-11(6-8-12)18(21)24/h2-8H,9H2,1H3,(H2,21,24)(H,22,23). The van der Waals surface area contributed by atoms with E-state index in [1.54, 1.807) is 13.0 Å². The second-order valence-corrected chi connectivity index (χ2v) is 5.74. The number of para-hydroxylation sites is 1. The highest BCUT2D eigenvalue weighted by atomic mass is 19.1. The van der Waals surface area contributed by atoms with Crippen LogP contribution < -0.4 is 11.1 Å². The second kappa shape index (κ2) is 7.28. The molecule has 0 radical (unpaired) electrons. The Morgan fingerprint density at radius 1 is 1.15 bits per heavy atom. The van der Waals surface area contributed by atoms with Crippen LogP contribution in [-0.4, -0.2) is 24.4 Å². The number of fused-ring (bicyclic) bond motifs is 1. The van der Waals surface area contributed by atoms with Crippen LogP contribution in [-0.2, 0) is 9.53 Å². The van der Waals surface area contributed by atoms with Gasteiger partial charge in [-0.3, -0.25) is 9.59 Å². The molecule has 3 rings (SSSR count). The van der Waals surface area contributed by atoms with Gasteiger partial charge in [-0.1, -0.05) is 12.1 Å². The highest BCUT2D eigenvalue weighted by Gasteiger charge is 2.21. The maximum atomic E-state index is 13.7. The van der Waals surface area contributed by atoms with E-state index < -0.39 is 30.2 Å². The Morgan fingerprint density at radius 3 is 2.48 bits per heavy atom. The number of hydrogen-bond donors (Lipinski definition) is 2. The maximum Gasteiger partial charge on any atom is 0.375 e. The van der Waals surface area contributed by atoms with E-state index in [1.165, 1.54) is 36.4 Å². The second-order valence-electron chi connectivity index (χ2n) is 5.74. The zero-order valence-corrected chi connectivity index (χ0v) is 14.2. The van der Waals surface area contributed by atoms with Gasteiger partial charge in [0.05, 0.1) is 0 Å². The van der Waals surface area contributed by atoms with Crippen molar-refractivity contribution in [3.05, 3.63) is 65.2 Å². The van der Waals surface area contributed by atoms with Crippen molar-refractivity contribution in [2.75, 3.05) is 11.9 Å². The third-order valence-corrected chi connectivity index (χ3v) is 3.89. The molecule has 1 aromatic heterocycles. The molecule has 3 N–H and O–H groups in total. The lowest BCUT2D eigenvalue weighted by Crippen LogP contribution is -2.21. The van der Waals surface area contributed by atoms with Gasteiger partial charge in [0.2, 0.25) is 11.7 Å². The zero-order valence-electron chi connectivity index (χ0n) is 14.2.